The molecule has 0 spiro atoms. The van der Waals surface area contributed by atoms with Crippen LogP contribution in [-0.4, -0.2) is 34.9 Å². The third-order valence-corrected chi connectivity index (χ3v) is 4.38. The van der Waals surface area contributed by atoms with Crippen LogP contribution in [0.1, 0.15) is 12.8 Å². The first kappa shape index (κ1) is 16.9. The minimum atomic E-state index is -0.303. The molecule has 7 heteroatoms. The van der Waals surface area contributed by atoms with Crippen molar-refractivity contribution in [3.8, 4) is 11.3 Å². The summed E-state index contributed by atoms with van der Waals surface area (Å²) in [4.78, 5) is 24.0. The second-order valence-corrected chi connectivity index (χ2v) is 6.58. The van der Waals surface area contributed by atoms with Gasteiger partial charge in [-0.3, -0.25) is 9.59 Å². The van der Waals surface area contributed by atoms with Gasteiger partial charge in [-0.2, -0.15) is 5.10 Å². The second kappa shape index (κ2) is 7.72. The molecule has 1 aromatic heterocycles. The second-order valence-electron chi connectivity index (χ2n) is 5.66. The minimum Gasteiger partial charge on any atom is -0.376 e. The fraction of sp³-hybridized carbons (Fsp3) is 0.353. The number of benzene rings is 1. The first-order valence-corrected chi connectivity index (χ1v) is 8.63. The Morgan fingerprint density at radius 1 is 1.29 bits per heavy atom. The van der Waals surface area contributed by atoms with Crippen molar-refractivity contribution in [2.24, 2.45) is 0 Å². The van der Waals surface area contributed by atoms with E-state index in [-0.39, 0.29) is 24.1 Å². The molecule has 1 unspecified atom stereocenters. The molecular formula is C17H18BrN3O3. The van der Waals surface area contributed by atoms with Gasteiger partial charge in [0.15, 0.2) is 0 Å². The normalized spacial score (nSPS) is 17.0. The van der Waals surface area contributed by atoms with Crippen LogP contribution >= 0.6 is 15.9 Å². The molecule has 1 aliphatic heterocycles. The van der Waals surface area contributed by atoms with E-state index < -0.39 is 0 Å². The van der Waals surface area contributed by atoms with E-state index in [4.69, 9.17) is 4.74 Å². The summed E-state index contributed by atoms with van der Waals surface area (Å²) in [6.07, 6.45) is 2.06. The number of aromatic nitrogens is 2. The summed E-state index contributed by atoms with van der Waals surface area (Å²) < 4.78 is 7.61. The summed E-state index contributed by atoms with van der Waals surface area (Å²) in [7, 11) is 0. The largest absolute Gasteiger partial charge is 0.376 e. The van der Waals surface area contributed by atoms with E-state index in [1.165, 1.54) is 10.7 Å². The molecule has 3 rings (SSSR count). The van der Waals surface area contributed by atoms with Gasteiger partial charge in [-0.15, -0.1) is 0 Å². The van der Waals surface area contributed by atoms with Crippen LogP contribution in [0.25, 0.3) is 11.3 Å². The Labute approximate surface area is 148 Å². The van der Waals surface area contributed by atoms with Gasteiger partial charge in [0.05, 0.1) is 11.8 Å². The Bertz CT molecular complexity index is 767. The van der Waals surface area contributed by atoms with Crippen LogP contribution in [0, 0.1) is 0 Å². The van der Waals surface area contributed by atoms with Gasteiger partial charge in [-0.25, -0.2) is 4.68 Å². The smallest absolute Gasteiger partial charge is 0.267 e. The van der Waals surface area contributed by atoms with Crippen LogP contribution in [0.5, 0.6) is 0 Å². The molecule has 6 nitrogen and oxygen atoms in total. The van der Waals surface area contributed by atoms with Crippen molar-refractivity contribution >= 4 is 21.8 Å². The molecule has 1 aliphatic rings. The van der Waals surface area contributed by atoms with Crippen LogP contribution in [0.3, 0.4) is 0 Å². The first-order valence-electron chi connectivity index (χ1n) is 7.84. The fourth-order valence-corrected chi connectivity index (χ4v) is 2.83. The van der Waals surface area contributed by atoms with Crippen molar-refractivity contribution in [1.29, 1.82) is 0 Å². The molecule has 0 radical (unpaired) electrons. The molecule has 1 N–H and O–H groups in total. The van der Waals surface area contributed by atoms with E-state index in [9.17, 15) is 9.59 Å². The summed E-state index contributed by atoms with van der Waals surface area (Å²) in [5.41, 5.74) is 1.23. The Morgan fingerprint density at radius 3 is 2.79 bits per heavy atom. The topological polar surface area (TPSA) is 73.2 Å². The number of amides is 1. The molecule has 1 aromatic carbocycles. The lowest BCUT2D eigenvalue weighted by molar-refractivity contribution is -0.122. The Morgan fingerprint density at radius 2 is 2.08 bits per heavy atom. The lowest BCUT2D eigenvalue weighted by atomic mass is 10.1. The fourth-order valence-electron chi connectivity index (χ4n) is 2.56. The zero-order valence-electron chi connectivity index (χ0n) is 13.1. The van der Waals surface area contributed by atoms with Gasteiger partial charge >= 0.3 is 0 Å². The molecule has 1 saturated heterocycles. The molecule has 126 valence electrons. The van der Waals surface area contributed by atoms with Gasteiger partial charge in [0, 0.05) is 29.3 Å². The number of ether oxygens (including phenoxy) is 1. The van der Waals surface area contributed by atoms with Crippen LogP contribution in [0.2, 0.25) is 0 Å². The molecular weight excluding hydrogens is 374 g/mol. The average molecular weight is 392 g/mol. The van der Waals surface area contributed by atoms with E-state index in [0.29, 0.717) is 12.2 Å². The summed E-state index contributed by atoms with van der Waals surface area (Å²) in [6, 6.07) is 10.7. The van der Waals surface area contributed by atoms with Crippen molar-refractivity contribution in [1.82, 2.24) is 15.1 Å². The number of halogens is 1. The van der Waals surface area contributed by atoms with Crippen LogP contribution in [0.4, 0.5) is 0 Å². The third-order valence-electron chi connectivity index (χ3n) is 3.85. The Hall–Kier alpha value is -1.99. The van der Waals surface area contributed by atoms with Crippen LogP contribution < -0.4 is 10.9 Å². The van der Waals surface area contributed by atoms with Gasteiger partial charge in [0.25, 0.3) is 5.56 Å². The molecule has 1 atom stereocenters. The average Bonchev–Trinajstić information content (AvgIpc) is 3.09. The molecule has 1 fully saturated rings. The zero-order chi connectivity index (χ0) is 16.9. The monoisotopic (exact) mass is 391 g/mol. The van der Waals surface area contributed by atoms with Crippen molar-refractivity contribution in [2.45, 2.75) is 25.5 Å². The molecule has 2 aromatic rings. The van der Waals surface area contributed by atoms with E-state index in [1.807, 2.05) is 24.3 Å². The summed E-state index contributed by atoms with van der Waals surface area (Å²) in [5.74, 6) is -0.243. The number of carbonyl (C=O) groups excluding carboxylic acids is 1. The summed E-state index contributed by atoms with van der Waals surface area (Å²) in [5, 5.41) is 7.09. The molecule has 0 aliphatic carbocycles. The van der Waals surface area contributed by atoms with Crippen molar-refractivity contribution in [3.63, 3.8) is 0 Å². The third kappa shape index (κ3) is 4.30. The molecule has 0 bridgehead atoms. The van der Waals surface area contributed by atoms with Crippen LogP contribution in [-0.2, 0) is 16.1 Å². The molecule has 2 heterocycles. The number of nitrogens with zero attached hydrogens (tertiary/aromatic N) is 2. The highest BCUT2D eigenvalue weighted by Gasteiger charge is 2.16. The minimum absolute atomic E-state index is 0.0766. The van der Waals surface area contributed by atoms with Crippen molar-refractivity contribution in [3.05, 3.63) is 51.2 Å². The van der Waals surface area contributed by atoms with E-state index in [1.54, 1.807) is 6.07 Å². The first-order chi connectivity index (χ1) is 11.6. The number of carbonyl (C=O) groups is 1. The summed E-state index contributed by atoms with van der Waals surface area (Å²) in [6.45, 7) is 1.12. The summed E-state index contributed by atoms with van der Waals surface area (Å²) >= 11 is 3.38. The number of hydrogen-bond acceptors (Lipinski definition) is 4. The predicted octanol–water partition coefficient (Wildman–Crippen LogP) is 1.97. The van der Waals surface area contributed by atoms with E-state index >= 15 is 0 Å². The lowest BCUT2D eigenvalue weighted by Gasteiger charge is -2.11. The SMILES string of the molecule is O=C(Cn1nc(-c2ccc(Br)cc2)ccc1=O)NCC1CCCO1. The molecule has 0 saturated carbocycles. The molecule has 24 heavy (non-hydrogen) atoms. The standard InChI is InChI=1S/C17H18BrN3O3/c18-13-5-3-12(4-6-13)15-7-8-17(23)21(20-15)11-16(22)19-10-14-2-1-9-24-14/h3-8,14H,1-2,9-11H2,(H,19,22). The highest BCUT2D eigenvalue weighted by Crippen LogP contribution is 2.18. The Balaban J connectivity index is 1.68. The molecule has 1 amide bonds. The van der Waals surface area contributed by atoms with E-state index in [0.717, 1.165) is 29.5 Å². The van der Waals surface area contributed by atoms with Gasteiger partial charge in [0.2, 0.25) is 5.91 Å². The van der Waals surface area contributed by atoms with Gasteiger partial charge in [0.1, 0.15) is 6.54 Å². The van der Waals surface area contributed by atoms with Gasteiger partial charge in [-0.05, 0) is 31.0 Å². The maximum Gasteiger partial charge on any atom is 0.267 e. The van der Waals surface area contributed by atoms with Crippen molar-refractivity contribution in [2.75, 3.05) is 13.2 Å². The Kier molecular flexibility index (Phi) is 5.42. The number of rotatable bonds is 5. The maximum atomic E-state index is 12.0. The number of nitrogens with one attached hydrogen (secondary N) is 1. The quantitative estimate of drug-likeness (QED) is 0.845. The van der Waals surface area contributed by atoms with E-state index in [2.05, 4.69) is 26.3 Å². The maximum absolute atomic E-state index is 12.0. The number of hydrogen-bond donors (Lipinski definition) is 1. The van der Waals surface area contributed by atoms with Gasteiger partial charge in [-0.1, -0.05) is 28.1 Å². The predicted molar refractivity (Wildman–Crippen MR) is 93.6 cm³/mol. The zero-order valence-corrected chi connectivity index (χ0v) is 14.7. The highest BCUT2D eigenvalue weighted by molar-refractivity contribution is 9.10. The van der Waals surface area contributed by atoms with Crippen molar-refractivity contribution < 1.29 is 9.53 Å². The van der Waals surface area contributed by atoms with Gasteiger partial charge < -0.3 is 10.1 Å². The lowest BCUT2D eigenvalue weighted by Crippen LogP contribution is -2.37. The highest BCUT2D eigenvalue weighted by atomic mass is 79.9. The van der Waals surface area contributed by atoms with Crippen LogP contribution in [0.15, 0.2) is 45.7 Å².